The van der Waals surface area contributed by atoms with Crippen LogP contribution in [0.4, 0.5) is 0 Å². The molecule has 0 saturated carbocycles. The van der Waals surface area contributed by atoms with E-state index in [0.29, 0.717) is 31.1 Å². The van der Waals surface area contributed by atoms with Crippen molar-refractivity contribution in [1.29, 1.82) is 0 Å². The van der Waals surface area contributed by atoms with Crippen molar-refractivity contribution in [3.8, 4) is 11.5 Å². The second-order valence-electron chi connectivity index (χ2n) is 5.35. The fourth-order valence-electron chi connectivity index (χ4n) is 2.09. The highest BCUT2D eigenvalue weighted by atomic mass is 32.1. The number of hydrogen-bond donors (Lipinski definition) is 2. The number of methoxy groups -OCH3 is 2. The van der Waals surface area contributed by atoms with E-state index in [9.17, 15) is 4.79 Å². The zero-order valence-corrected chi connectivity index (χ0v) is 15.6. The average molecular weight is 374 g/mol. The van der Waals surface area contributed by atoms with E-state index in [1.165, 1.54) is 0 Å². The monoisotopic (exact) mass is 374 g/mol. The van der Waals surface area contributed by atoms with Crippen molar-refractivity contribution in [2.75, 3.05) is 27.4 Å². The Bertz CT molecular complexity index is 717. The molecule has 0 aliphatic rings. The summed E-state index contributed by atoms with van der Waals surface area (Å²) in [5.74, 6) is 1.19. The molecule has 0 radical (unpaired) electrons. The van der Waals surface area contributed by atoms with Crippen LogP contribution in [-0.4, -0.2) is 38.5 Å². The first-order valence-electron chi connectivity index (χ1n) is 8.06. The number of nitrogens with one attached hydrogen (secondary N) is 2. The number of benzene rings is 2. The molecule has 138 valence electrons. The van der Waals surface area contributed by atoms with Gasteiger partial charge in [-0.05, 0) is 54.2 Å². The molecule has 2 rings (SSSR count). The number of hydrogen-bond acceptors (Lipinski definition) is 5. The van der Waals surface area contributed by atoms with Crippen LogP contribution in [0.2, 0.25) is 0 Å². The topological polar surface area (TPSA) is 68.8 Å². The first kappa shape index (κ1) is 19.7. The van der Waals surface area contributed by atoms with Gasteiger partial charge in [-0.2, -0.15) is 0 Å². The van der Waals surface area contributed by atoms with Crippen molar-refractivity contribution in [1.82, 2.24) is 10.6 Å². The smallest absolute Gasteiger partial charge is 0.257 e. The molecule has 1 amide bonds. The average Bonchev–Trinajstić information content (AvgIpc) is 2.67. The third-order valence-electron chi connectivity index (χ3n) is 3.51. The van der Waals surface area contributed by atoms with Gasteiger partial charge in [0.1, 0.15) is 18.1 Å². The van der Waals surface area contributed by atoms with Gasteiger partial charge in [0, 0.05) is 19.2 Å². The van der Waals surface area contributed by atoms with E-state index in [2.05, 4.69) is 10.6 Å². The van der Waals surface area contributed by atoms with Crippen LogP contribution in [0.1, 0.15) is 15.9 Å². The molecular formula is C19H22N2O4S. The van der Waals surface area contributed by atoms with Gasteiger partial charge in [0.2, 0.25) is 0 Å². The minimum Gasteiger partial charge on any atom is -0.497 e. The van der Waals surface area contributed by atoms with Crippen molar-refractivity contribution in [3.63, 3.8) is 0 Å². The Morgan fingerprint density at radius 3 is 2.23 bits per heavy atom. The Hall–Kier alpha value is -2.64. The van der Waals surface area contributed by atoms with Crippen LogP contribution in [0, 0.1) is 0 Å². The third-order valence-corrected chi connectivity index (χ3v) is 3.76. The summed E-state index contributed by atoms with van der Waals surface area (Å²) in [7, 11) is 3.23. The molecule has 0 aliphatic heterocycles. The summed E-state index contributed by atoms with van der Waals surface area (Å²) >= 11 is 5.17. The highest BCUT2D eigenvalue weighted by molar-refractivity contribution is 7.80. The Kier molecular flexibility index (Phi) is 7.85. The van der Waals surface area contributed by atoms with E-state index in [-0.39, 0.29) is 11.0 Å². The molecule has 0 bridgehead atoms. The Labute approximate surface area is 158 Å². The second kappa shape index (κ2) is 10.4. The summed E-state index contributed by atoms with van der Waals surface area (Å²) in [6.07, 6.45) is 0. The third kappa shape index (κ3) is 6.34. The SMILES string of the molecule is COCCOc1ccc(C(=O)NC(=S)NCc2ccc(OC)cc2)cc1. The molecule has 26 heavy (non-hydrogen) atoms. The molecule has 0 spiro atoms. The van der Waals surface area contributed by atoms with Crippen molar-refractivity contribution in [2.45, 2.75) is 6.54 Å². The van der Waals surface area contributed by atoms with Gasteiger partial charge in [-0.1, -0.05) is 12.1 Å². The minimum atomic E-state index is -0.277. The summed E-state index contributed by atoms with van der Waals surface area (Å²) in [5, 5.41) is 5.93. The van der Waals surface area contributed by atoms with Gasteiger partial charge in [0.25, 0.3) is 5.91 Å². The van der Waals surface area contributed by atoms with Crippen LogP contribution in [0.5, 0.6) is 11.5 Å². The molecule has 0 aromatic heterocycles. The molecule has 2 aromatic carbocycles. The van der Waals surface area contributed by atoms with E-state index < -0.39 is 0 Å². The Morgan fingerprint density at radius 2 is 1.62 bits per heavy atom. The molecule has 0 fully saturated rings. The molecule has 0 heterocycles. The van der Waals surface area contributed by atoms with E-state index in [4.69, 9.17) is 26.4 Å². The molecule has 2 N–H and O–H groups in total. The standard InChI is InChI=1S/C19H22N2O4S/c1-23-11-12-25-17-9-5-15(6-10-17)18(22)21-19(26)20-13-14-3-7-16(24-2)8-4-14/h3-10H,11-13H2,1-2H3,(H2,20,21,22,26). The van der Waals surface area contributed by atoms with Crippen molar-refractivity contribution >= 4 is 23.2 Å². The maximum absolute atomic E-state index is 12.2. The van der Waals surface area contributed by atoms with Gasteiger partial charge in [-0.15, -0.1) is 0 Å². The van der Waals surface area contributed by atoms with Crippen molar-refractivity contribution < 1.29 is 19.0 Å². The second-order valence-corrected chi connectivity index (χ2v) is 5.76. The quantitative estimate of drug-likeness (QED) is 0.547. The van der Waals surface area contributed by atoms with E-state index >= 15 is 0 Å². The van der Waals surface area contributed by atoms with Gasteiger partial charge in [-0.25, -0.2) is 0 Å². The first-order chi connectivity index (χ1) is 12.6. The summed E-state index contributed by atoms with van der Waals surface area (Å²) in [5.41, 5.74) is 1.53. The van der Waals surface area contributed by atoms with Crippen molar-refractivity contribution in [2.24, 2.45) is 0 Å². The lowest BCUT2D eigenvalue weighted by Gasteiger charge is -2.10. The molecule has 0 atom stereocenters. The maximum atomic E-state index is 12.2. The van der Waals surface area contributed by atoms with Crippen LogP contribution in [0.25, 0.3) is 0 Å². The zero-order chi connectivity index (χ0) is 18.8. The lowest BCUT2D eigenvalue weighted by molar-refractivity contribution is 0.0976. The lowest BCUT2D eigenvalue weighted by Crippen LogP contribution is -2.38. The molecule has 7 heteroatoms. The molecule has 0 aliphatic carbocycles. The fourth-order valence-corrected chi connectivity index (χ4v) is 2.26. The summed E-state index contributed by atoms with van der Waals surface area (Å²) < 4.78 is 15.5. The number of thiocarbonyl (C=S) groups is 1. The molecule has 0 unspecified atom stereocenters. The predicted molar refractivity (Wildman–Crippen MR) is 104 cm³/mol. The number of ether oxygens (including phenoxy) is 3. The zero-order valence-electron chi connectivity index (χ0n) is 14.8. The van der Waals surface area contributed by atoms with Gasteiger partial charge in [0.05, 0.1) is 13.7 Å². The van der Waals surface area contributed by atoms with Crippen molar-refractivity contribution in [3.05, 3.63) is 59.7 Å². The summed E-state index contributed by atoms with van der Waals surface area (Å²) in [6.45, 7) is 1.48. The predicted octanol–water partition coefficient (Wildman–Crippen LogP) is 2.52. The largest absolute Gasteiger partial charge is 0.497 e. The van der Waals surface area contributed by atoms with E-state index in [1.54, 1.807) is 38.5 Å². The van der Waals surface area contributed by atoms with Crippen LogP contribution in [0.3, 0.4) is 0 Å². The van der Waals surface area contributed by atoms with Crippen LogP contribution in [-0.2, 0) is 11.3 Å². The first-order valence-corrected chi connectivity index (χ1v) is 8.47. The van der Waals surface area contributed by atoms with Gasteiger partial charge in [-0.3, -0.25) is 10.1 Å². The van der Waals surface area contributed by atoms with Crippen LogP contribution >= 0.6 is 12.2 Å². The normalized spacial score (nSPS) is 10.1. The van der Waals surface area contributed by atoms with Crippen LogP contribution < -0.4 is 20.1 Å². The number of amides is 1. The molecule has 2 aromatic rings. The molecule has 0 saturated heterocycles. The Balaban J connectivity index is 1.79. The fraction of sp³-hybridized carbons (Fsp3) is 0.263. The summed E-state index contributed by atoms with van der Waals surface area (Å²) in [4.78, 5) is 12.2. The Morgan fingerprint density at radius 1 is 0.962 bits per heavy atom. The number of carbonyl (C=O) groups excluding carboxylic acids is 1. The minimum absolute atomic E-state index is 0.270. The highest BCUT2D eigenvalue weighted by Crippen LogP contribution is 2.12. The lowest BCUT2D eigenvalue weighted by atomic mass is 10.2. The van der Waals surface area contributed by atoms with Gasteiger partial charge < -0.3 is 19.5 Å². The van der Waals surface area contributed by atoms with Gasteiger partial charge in [0.15, 0.2) is 5.11 Å². The van der Waals surface area contributed by atoms with Gasteiger partial charge >= 0.3 is 0 Å². The molecule has 6 nitrogen and oxygen atoms in total. The maximum Gasteiger partial charge on any atom is 0.257 e. The van der Waals surface area contributed by atoms with E-state index in [1.807, 2.05) is 24.3 Å². The highest BCUT2D eigenvalue weighted by Gasteiger charge is 2.08. The van der Waals surface area contributed by atoms with E-state index in [0.717, 1.165) is 11.3 Å². The summed E-state index contributed by atoms with van der Waals surface area (Å²) in [6, 6.07) is 14.4. The van der Waals surface area contributed by atoms with Crippen LogP contribution in [0.15, 0.2) is 48.5 Å². The number of carbonyl (C=O) groups is 1. The number of rotatable bonds is 8. The molecular weight excluding hydrogens is 352 g/mol.